The van der Waals surface area contributed by atoms with Gasteiger partial charge in [-0.1, -0.05) is 6.07 Å². The Balaban J connectivity index is 1.77. The molecule has 0 radical (unpaired) electrons. The van der Waals surface area contributed by atoms with E-state index in [1.807, 2.05) is 12.1 Å². The van der Waals surface area contributed by atoms with Gasteiger partial charge >= 0.3 is 6.03 Å². The number of halogens is 1. The number of hydrogen-bond acceptors (Lipinski definition) is 4. The molecule has 0 aliphatic rings. The van der Waals surface area contributed by atoms with Crippen LogP contribution in [0, 0.1) is 5.82 Å². The lowest BCUT2D eigenvalue weighted by atomic mass is 10.3. The highest BCUT2D eigenvalue weighted by molar-refractivity contribution is 5.90. The number of anilines is 1. The van der Waals surface area contributed by atoms with Crippen molar-refractivity contribution in [2.24, 2.45) is 0 Å². The number of hydrogen-bond donors (Lipinski definition) is 2. The van der Waals surface area contributed by atoms with Crippen molar-refractivity contribution in [3.63, 3.8) is 0 Å². The average Bonchev–Trinajstić information content (AvgIpc) is 2.60. The van der Waals surface area contributed by atoms with E-state index in [1.165, 1.54) is 25.3 Å². The molecule has 128 valence electrons. The van der Waals surface area contributed by atoms with Gasteiger partial charge in [-0.3, -0.25) is 0 Å². The van der Waals surface area contributed by atoms with Gasteiger partial charge in [0.25, 0.3) is 0 Å². The van der Waals surface area contributed by atoms with E-state index >= 15 is 0 Å². The highest BCUT2D eigenvalue weighted by Crippen LogP contribution is 2.24. The minimum atomic E-state index is -0.440. The third kappa shape index (κ3) is 5.05. The minimum Gasteiger partial charge on any atom is -0.497 e. The molecule has 2 N–H and O–H groups in total. The minimum absolute atomic E-state index is 0.248. The molecule has 0 saturated carbocycles. The fourth-order valence-corrected chi connectivity index (χ4v) is 1.96. The van der Waals surface area contributed by atoms with Crippen LogP contribution in [0.25, 0.3) is 0 Å². The summed E-state index contributed by atoms with van der Waals surface area (Å²) in [5.41, 5.74) is 0.380. The Morgan fingerprint density at radius 3 is 2.62 bits per heavy atom. The van der Waals surface area contributed by atoms with Crippen molar-refractivity contribution >= 4 is 11.7 Å². The number of ether oxygens (including phenoxy) is 3. The number of amides is 2. The second-order valence-electron chi connectivity index (χ2n) is 4.75. The first-order valence-corrected chi connectivity index (χ1v) is 7.27. The van der Waals surface area contributed by atoms with E-state index < -0.39 is 11.8 Å². The van der Waals surface area contributed by atoms with Crippen LogP contribution >= 0.6 is 0 Å². The van der Waals surface area contributed by atoms with Crippen LogP contribution in [-0.2, 0) is 0 Å². The van der Waals surface area contributed by atoms with Gasteiger partial charge < -0.3 is 24.8 Å². The van der Waals surface area contributed by atoms with Crippen molar-refractivity contribution in [2.45, 2.75) is 0 Å². The Bertz CT molecular complexity index is 694. The largest absolute Gasteiger partial charge is 0.497 e. The molecule has 0 spiro atoms. The zero-order chi connectivity index (χ0) is 17.4. The Labute approximate surface area is 139 Å². The summed E-state index contributed by atoms with van der Waals surface area (Å²) in [6.45, 7) is 0.591. The van der Waals surface area contributed by atoms with Gasteiger partial charge in [0.1, 0.15) is 29.7 Å². The smallest absolute Gasteiger partial charge is 0.319 e. The second-order valence-corrected chi connectivity index (χ2v) is 4.75. The molecule has 0 bridgehead atoms. The molecule has 2 amide bonds. The Hall–Kier alpha value is -2.96. The number of benzene rings is 2. The van der Waals surface area contributed by atoms with Crippen molar-refractivity contribution in [1.29, 1.82) is 0 Å². The highest BCUT2D eigenvalue weighted by atomic mass is 19.1. The van der Waals surface area contributed by atoms with Crippen molar-refractivity contribution in [2.75, 3.05) is 32.7 Å². The van der Waals surface area contributed by atoms with Crippen LogP contribution in [0.1, 0.15) is 0 Å². The third-order valence-electron chi connectivity index (χ3n) is 3.11. The summed E-state index contributed by atoms with van der Waals surface area (Å²) in [4.78, 5) is 11.8. The van der Waals surface area contributed by atoms with Crippen molar-refractivity contribution in [3.8, 4) is 17.2 Å². The summed E-state index contributed by atoms with van der Waals surface area (Å²) < 4.78 is 28.7. The lowest BCUT2D eigenvalue weighted by Crippen LogP contribution is -2.32. The van der Waals surface area contributed by atoms with Gasteiger partial charge in [0.05, 0.1) is 26.5 Å². The van der Waals surface area contributed by atoms with Crippen LogP contribution in [0.3, 0.4) is 0 Å². The van der Waals surface area contributed by atoms with E-state index in [1.54, 1.807) is 19.2 Å². The summed E-state index contributed by atoms with van der Waals surface area (Å²) in [5.74, 6) is 1.15. The predicted octanol–water partition coefficient (Wildman–Crippen LogP) is 3.04. The van der Waals surface area contributed by atoms with E-state index in [4.69, 9.17) is 14.2 Å². The molecule has 7 heteroatoms. The quantitative estimate of drug-likeness (QED) is 0.764. The summed E-state index contributed by atoms with van der Waals surface area (Å²) in [7, 11) is 2.98. The molecule has 2 aromatic carbocycles. The average molecular weight is 334 g/mol. The standard InChI is InChI=1S/C17H19FN2O4/c1-22-13-4-3-5-14(11-13)24-9-8-19-17(21)20-15-7-6-12(18)10-16(15)23-2/h3-7,10-11H,8-9H2,1-2H3,(H2,19,20,21). The van der Waals surface area contributed by atoms with Gasteiger partial charge in [-0.25, -0.2) is 9.18 Å². The van der Waals surface area contributed by atoms with Gasteiger partial charge in [-0.05, 0) is 24.3 Å². The lowest BCUT2D eigenvalue weighted by molar-refractivity contribution is 0.247. The maximum absolute atomic E-state index is 13.1. The van der Waals surface area contributed by atoms with Gasteiger partial charge in [0, 0.05) is 12.1 Å². The van der Waals surface area contributed by atoms with Crippen molar-refractivity contribution < 1.29 is 23.4 Å². The summed E-state index contributed by atoms with van der Waals surface area (Å²) in [5, 5.41) is 5.23. The summed E-state index contributed by atoms with van der Waals surface area (Å²) in [6.07, 6.45) is 0. The number of nitrogens with one attached hydrogen (secondary N) is 2. The zero-order valence-electron chi connectivity index (χ0n) is 13.5. The molecule has 0 aromatic heterocycles. The highest BCUT2D eigenvalue weighted by Gasteiger charge is 2.08. The molecule has 0 atom stereocenters. The molecule has 0 saturated heterocycles. The summed E-state index contributed by atoms with van der Waals surface area (Å²) >= 11 is 0. The van der Waals surface area contributed by atoms with E-state index in [-0.39, 0.29) is 5.75 Å². The Morgan fingerprint density at radius 1 is 1.08 bits per heavy atom. The fraction of sp³-hybridized carbons (Fsp3) is 0.235. The first kappa shape index (κ1) is 17.4. The first-order valence-electron chi connectivity index (χ1n) is 7.27. The monoisotopic (exact) mass is 334 g/mol. The van der Waals surface area contributed by atoms with E-state index in [0.29, 0.717) is 30.3 Å². The van der Waals surface area contributed by atoms with E-state index in [9.17, 15) is 9.18 Å². The predicted molar refractivity (Wildman–Crippen MR) is 88.5 cm³/mol. The molecule has 0 aliphatic heterocycles. The summed E-state index contributed by atoms with van der Waals surface area (Å²) in [6, 6.07) is 10.6. The lowest BCUT2D eigenvalue weighted by Gasteiger charge is -2.12. The zero-order valence-corrected chi connectivity index (χ0v) is 13.5. The van der Waals surface area contributed by atoms with Crippen LogP contribution in [0.4, 0.5) is 14.9 Å². The maximum atomic E-state index is 13.1. The number of carbonyl (C=O) groups excluding carboxylic acids is 1. The third-order valence-corrected chi connectivity index (χ3v) is 3.11. The van der Waals surface area contributed by atoms with E-state index in [0.717, 1.165) is 0 Å². The first-order chi connectivity index (χ1) is 11.6. The van der Waals surface area contributed by atoms with Crippen LogP contribution in [0.5, 0.6) is 17.2 Å². The molecule has 0 fully saturated rings. The van der Waals surface area contributed by atoms with Crippen LogP contribution in [0.2, 0.25) is 0 Å². The molecule has 24 heavy (non-hydrogen) atoms. The van der Waals surface area contributed by atoms with Gasteiger partial charge in [0.15, 0.2) is 0 Å². The van der Waals surface area contributed by atoms with Gasteiger partial charge in [-0.2, -0.15) is 0 Å². The normalized spacial score (nSPS) is 9.96. The Morgan fingerprint density at radius 2 is 1.88 bits per heavy atom. The molecular weight excluding hydrogens is 315 g/mol. The SMILES string of the molecule is COc1cccc(OCCNC(=O)Nc2ccc(F)cc2OC)c1. The van der Waals surface area contributed by atoms with Crippen molar-refractivity contribution in [3.05, 3.63) is 48.3 Å². The number of carbonyl (C=O) groups is 1. The second kappa shape index (κ2) is 8.61. The van der Waals surface area contributed by atoms with Crippen LogP contribution < -0.4 is 24.8 Å². The van der Waals surface area contributed by atoms with Gasteiger partial charge in [0.2, 0.25) is 0 Å². The molecule has 2 rings (SSSR count). The Kier molecular flexibility index (Phi) is 6.24. The number of urea groups is 1. The van der Waals surface area contributed by atoms with Crippen LogP contribution in [-0.4, -0.2) is 33.4 Å². The van der Waals surface area contributed by atoms with Crippen molar-refractivity contribution in [1.82, 2.24) is 5.32 Å². The van der Waals surface area contributed by atoms with Crippen LogP contribution in [0.15, 0.2) is 42.5 Å². The van der Waals surface area contributed by atoms with Gasteiger partial charge in [-0.15, -0.1) is 0 Å². The molecule has 0 unspecified atom stereocenters. The number of rotatable bonds is 7. The molecule has 6 nitrogen and oxygen atoms in total. The van der Waals surface area contributed by atoms with E-state index in [2.05, 4.69) is 10.6 Å². The number of methoxy groups -OCH3 is 2. The molecule has 0 aliphatic carbocycles. The maximum Gasteiger partial charge on any atom is 0.319 e. The topological polar surface area (TPSA) is 68.8 Å². The molecule has 0 heterocycles. The molecule has 2 aromatic rings. The fourth-order valence-electron chi connectivity index (χ4n) is 1.96. The molecular formula is C17H19FN2O4.